The van der Waals surface area contributed by atoms with Crippen LogP contribution in [0.15, 0.2) is 65.8 Å². The predicted octanol–water partition coefficient (Wildman–Crippen LogP) is 3.82. The average Bonchev–Trinajstić information content (AvgIpc) is 3.17. The van der Waals surface area contributed by atoms with Gasteiger partial charge >= 0.3 is 5.97 Å². The van der Waals surface area contributed by atoms with E-state index in [1.54, 1.807) is 11.8 Å². The monoisotopic (exact) mass is 380 g/mol. The van der Waals surface area contributed by atoms with Crippen LogP contribution in [0.1, 0.15) is 24.7 Å². The summed E-state index contributed by atoms with van der Waals surface area (Å²) in [4.78, 5) is 25.5. The van der Waals surface area contributed by atoms with Gasteiger partial charge in [0.2, 0.25) is 0 Å². The summed E-state index contributed by atoms with van der Waals surface area (Å²) in [6.07, 6.45) is -0.546. The molecule has 1 saturated heterocycles. The Hall–Kier alpha value is -2.60. The molecule has 4 rings (SSSR count). The Labute approximate surface area is 162 Å². The highest BCUT2D eigenvalue weighted by Gasteiger charge is 2.65. The molecule has 0 aliphatic carbocycles. The normalized spacial score (nSPS) is 27.1. The molecule has 2 heterocycles. The minimum absolute atomic E-state index is 0.142. The lowest BCUT2D eigenvalue weighted by Crippen LogP contribution is -2.50. The fourth-order valence-electron chi connectivity index (χ4n) is 3.95. The standard InChI is InChI=1S/C21H20N2O3S/c1-14-21(20(25)23(22-14)17-11-7-4-8-12-17)18(26-15(2)24)13-27-19(21)16-9-5-3-6-10-16/h3-12,18-19H,13H2,1-2H3/t18-,19-,21+/m0/s1. The molecule has 0 N–H and O–H groups in total. The van der Waals surface area contributed by atoms with Gasteiger partial charge in [-0.2, -0.15) is 10.1 Å². The van der Waals surface area contributed by atoms with Crippen molar-refractivity contribution in [2.75, 3.05) is 10.8 Å². The van der Waals surface area contributed by atoms with Gasteiger partial charge in [0.15, 0.2) is 0 Å². The molecule has 1 fully saturated rings. The van der Waals surface area contributed by atoms with Crippen LogP contribution in [-0.2, 0) is 14.3 Å². The molecule has 0 radical (unpaired) electrons. The predicted molar refractivity (Wildman–Crippen MR) is 107 cm³/mol. The molecule has 1 spiro atoms. The smallest absolute Gasteiger partial charge is 0.302 e. The second-order valence-corrected chi connectivity index (χ2v) is 7.87. The maximum absolute atomic E-state index is 13.7. The van der Waals surface area contributed by atoms with Crippen molar-refractivity contribution in [1.82, 2.24) is 0 Å². The summed E-state index contributed by atoms with van der Waals surface area (Å²) in [6, 6.07) is 19.3. The Bertz CT molecular complexity index is 900. The quantitative estimate of drug-likeness (QED) is 0.760. The van der Waals surface area contributed by atoms with Crippen molar-refractivity contribution >= 4 is 35.0 Å². The van der Waals surface area contributed by atoms with Crippen LogP contribution in [0.2, 0.25) is 0 Å². The summed E-state index contributed by atoms with van der Waals surface area (Å²) in [5, 5.41) is 5.90. The Balaban J connectivity index is 1.83. The van der Waals surface area contributed by atoms with Gasteiger partial charge in [-0.05, 0) is 24.6 Å². The number of para-hydroxylation sites is 1. The molecule has 2 aliphatic rings. The van der Waals surface area contributed by atoms with Gasteiger partial charge in [-0.15, -0.1) is 11.8 Å². The summed E-state index contributed by atoms with van der Waals surface area (Å²) >= 11 is 1.64. The first-order valence-electron chi connectivity index (χ1n) is 8.84. The van der Waals surface area contributed by atoms with E-state index in [1.165, 1.54) is 11.9 Å². The first kappa shape index (κ1) is 17.8. The van der Waals surface area contributed by atoms with Crippen LogP contribution in [0, 0.1) is 5.41 Å². The first-order valence-corrected chi connectivity index (χ1v) is 9.89. The second-order valence-electron chi connectivity index (χ2n) is 6.73. The van der Waals surface area contributed by atoms with E-state index in [0.717, 1.165) is 5.56 Å². The number of amides is 1. The molecule has 138 valence electrons. The highest BCUT2D eigenvalue weighted by Crippen LogP contribution is 2.58. The maximum atomic E-state index is 13.7. The minimum atomic E-state index is -0.993. The third kappa shape index (κ3) is 2.75. The zero-order chi connectivity index (χ0) is 19.0. The summed E-state index contributed by atoms with van der Waals surface area (Å²) in [6.45, 7) is 3.24. The average molecular weight is 380 g/mol. The van der Waals surface area contributed by atoms with Crippen molar-refractivity contribution in [3.8, 4) is 0 Å². The van der Waals surface area contributed by atoms with Gasteiger partial charge in [0.1, 0.15) is 11.5 Å². The second kappa shape index (κ2) is 6.85. The number of esters is 1. The van der Waals surface area contributed by atoms with Gasteiger partial charge in [-0.1, -0.05) is 48.5 Å². The number of hydrazone groups is 1. The zero-order valence-corrected chi connectivity index (χ0v) is 16.0. The lowest BCUT2D eigenvalue weighted by Gasteiger charge is -2.33. The Morgan fingerprint density at radius 1 is 1.15 bits per heavy atom. The van der Waals surface area contributed by atoms with Crippen molar-refractivity contribution in [1.29, 1.82) is 0 Å². The highest BCUT2D eigenvalue weighted by atomic mass is 32.2. The summed E-state index contributed by atoms with van der Waals surface area (Å²) in [5.74, 6) is 0.0316. The summed E-state index contributed by atoms with van der Waals surface area (Å²) in [5.41, 5.74) is 1.44. The first-order chi connectivity index (χ1) is 13.0. The van der Waals surface area contributed by atoms with Crippen molar-refractivity contribution in [2.24, 2.45) is 10.5 Å². The van der Waals surface area contributed by atoms with E-state index in [-0.39, 0.29) is 17.1 Å². The number of carbonyl (C=O) groups excluding carboxylic acids is 2. The number of nitrogens with zero attached hydrogens (tertiary/aromatic N) is 2. The number of rotatable bonds is 3. The fourth-order valence-corrected chi connectivity index (χ4v) is 5.69. The van der Waals surface area contributed by atoms with Gasteiger partial charge in [0, 0.05) is 12.7 Å². The lowest BCUT2D eigenvalue weighted by atomic mass is 9.73. The largest absolute Gasteiger partial charge is 0.460 e. The van der Waals surface area contributed by atoms with Gasteiger partial charge in [0.25, 0.3) is 5.91 Å². The van der Waals surface area contributed by atoms with E-state index >= 15 is 0 Å². The molecule has 0 unspecified atom stereocenters. The van der Waals surface area contributed by atoms with Gasteiger partial charge < -0.3 is 4.74 Å². The van der Waals surface area contributed by atoms with E-state index in [9.17, 15) is 9.59 Å². The van der Waals surface area contributed by atoms with Crippen LogP contribution in [-0.4, -0.2) is 29.4 Å². The molecule has 2 aromatic rings. The molecule has 5 nitrogen and oxygen atoms in total. The van der Waals surface area contributed by atoms with Gasteiger partial charge in [-0.25, -0.2) is 0 Å². The number of hydrogen-bond donors (Lipinski definition) is 0. The Kier molecular flexibility index (Phi) is 4.52. The molecule has 1 amide bonds. The molecule has 2 aliphatic heterocycles. The number of anilines is 1. The third-order valence-electron chi connectivity index (χ3n) is 5.14. The molecular formula is C21H20N2O3S. The minimum Gasteiger partial charge on any atom is -0.460 e. The van der Waals surface area contributed by atoms with Crippen molar-refractivity contribution < 1.29 is 14.3 Å². The topological polar surface area (TPSA) is 59.0 Å². The van der Waals surface area contributed by atoms with E-state index < -0.39 is 11.5 Å². The number of benzene rings is 2. The molecule has 2 aromatic carbocycles. The van der Waals surface area contributed by atoms with Crippen LogP contribution in [0.25, 0.3) is 0 Å². The molecular weight excluding hydrogens is 360 g/mol. The van der Waals surface area contributed by atoms with E-state index in [2.05, 4.69) is 5.10 Å². The van der Waals surface area contributed by atoms with Crippen LogP contribution in [0.5, 0.6) is 0 Å². The van der Waals surface area contributed by atoms with E-state index in [0.29, 0.717) is 17.2 Å². The van der Waals surface area contributed by atoms with Crippen molar-refractivity contribution in [3.63, 3.8) is 0 Å². The molecule has 3 atom stereocenters. The summed E-state index contributed by atoms with van der Waals surface area (Å²) < 4.78 is 5.64. The van der Waals surface area contributed by atoms with Gasteiger partial charge in [0.05, 0.1) is 16.6 Å². The van der Waals surface area contributed by atoms with E-state index in [1.807, 2.05) is 67.6 Å². The van der Waals surface area contributed by atoms with Crippen LogP contribution < -0.4 is 5.01 Å². The Morgan fingerprint density at radius 2 is 1.78 bits per heavy atom. The molecule has 27 heavy (non-hydrogen) atoms. The van der Waals surface area contributed by atoms with Gasteiger partial charge in [-0.3, -0.25) is 9.59 Å². The molecule has 6 heteroatoms. The molecule has 0 saturated carbocycles. The molecule has 0 bridgehead atoms. The van der Waals surface area contributed by atoms with Crippen LogP contribution in [0.3, 0.4) is 0 Å². The highest BCUT2D eigenvalue weighted by molar-refractivity contribution is 8.00. The van der Waals surface area contributed by atoms with E-state index in [4.69, 9.17) is 4.74 Å². The third-order valence-corrected chi connectivity index (χ3v) is 6.61. The van der Waals surface area contributed by atoms with Crippen LogP contribution in [0.4, 0.5) is 5.69 Å². The SMILES string of the molecule is CC(=O)O[C@H]1CS[C@@H](c2ccccc2)[C@]12C(=O)N(c1ccccc1)N=C2C. The number of ether oxygens (including phenoxy) is 1. The summed E-state index contributed by atoms with van der Waals surface area (Å²) in [7, 11) is 0. The fraction of sp³-hybridized carbons (Fsp3) is 0.286. The van der Waals surface area contributed by atoms with Crippen molar-refractivity contribution in [2.45, 2.75) is 25.2 Å². The Morgan fingerprint density at radius 3 is 2.41 bits per heavy atom. The molecule has 0 aromatic heterocycles. The zero-order valence-electron chi connectivity index (χ0n) is 15.2. The van der Waals surface area contributed by atoms with Crippen molar-refractivity contribution in [3.05, 3.63) is 66.2 Å². The maximum Gasteiger partial charge on any atom is 0.302 e. The lowest BCUT2D eigenvalue weighted by molar-refractivity contribution is -0.151. The van der Waals surface area contributed by atoms with Crippen LogP contribution >= 0.6 is 11.8 Å². The number of hydrogen-bond acceptors (Lipinski definition) is 5. The number of thioether (sulfide) groups is 1. The number of carbonyl (C=O) groups is 2.